The average molecular weight is 455 g/mol. The summed E-state index contributed by atoms with van der Waals surface area (Å²) in [6.07, 6.45) is 4.76. The minimum Gasteiger partial charge on any atom is -0.380 e. The average Bonchev–Trinajstić information content (AvgIpc) is 3.30. The number of rotatable bonds is 10. The van der Waals surface area contributed by atoms with E-state index in [1.807, 2.05) is 0 Å². The second-order valence-corrected chi connectivity index (χ2v) is 7.77. The number of amides is 1. The van der Waals surface area contributed by atoms with Crippen LogP contribution in [0.2, 0.25) is 0 Å². The maximum atomic E-state index is 13.4. The van der Waals surface area contributed by atoms with E-state index in [-0.39, 0.29) is 23.9 Å². The maximum absolute atomic E-state index is 13.4. The smallest absolute Gasteiger partial charge is 0.237 e. The van der Waals surface area contributed by atoms with Crippen molar-refractivity contribution in [2.75, 3.05) is 37.4 Å². The molecular weight excluding hydrogens is 423 g/mol. The zero-order valence-corrected chi connectivity index (χ0v) is 19.1. The Bertz CT molecular complexity index is 990. The number of hydrogen-bond acceptors (Lipinski definition) is 7. The number of aromatic nitrogens is 2. The molecule has 9 heteroatoms. The standard InChI is InChI=1S/C24H31FN6O2/c1-3-11-26-22-17(15-29-24(31-22)30-19-10-7-9-18(25)13-19)8-5-4-6-12-27-23(32)21-14-20(33-2)16-28-21/h7,9-10,13,15,20-21,28H,3-4,6,11-12,14,16H2,1-2H3,(H,27,32)(H2,26,29,30,31)/t20-,21+/m1/s1. The Morgan fingerprint density at radius 1 is 1.36 bits per heavy atom. The number of methoxy groups -OCH3 is 1. The van der Waals surface area contributed by atoms with Crippen molar-refractivity contribution in [3.63, 3.8) is 0 Å². The Balaban J connectivity index is 1.51. The largest absolute Gasteiger partial charge is 0.380 e. The number of ether oxygens (including phenoxy) is 1. The SMILES string of the molecule is CCCNc1nc(Nc2cccc(F)c2)ncc1C#CCCCNC(=O)[C@@H]1C[C@@H](OC)CN1. The molecule has 0 spiro atoms. The molecule has 1 aliphatic heterocycles. The van der Waals surface area contributed by atoms with Gasteiger partial charge in [-0.25, -0.2) is 9.37 Å². The fourth-order valence-corrected chi connectivity index (χ4v) is 3.36. The van der Waals surface area contributed by atoms with Gasteiger partial charge in [-0.2, -0.15) is 4.98 Å². The number of hydrogen-bond donors (Lipinski definition) is 4. The summed E-state index contributed by atoms with van der Waals surface area (Å²) >= 11 is 0. The number of benzene rings is 1. The highest BCUT2D eigenvalue weighted by molar-refractivity contribution is 5.82. The van der Waals surface area contributed by atoms with Crippen LogP contribution in [0.5, 0.6) is 0 Å². The van der Waals surface area contributed by atoms with Crippen molar-refractivity contribution in [2.45, 2.75) is 44.8 Å². The molecule has 0 aliphatic carbocycles. The number of carbonyl (C=O) groups excluding carboxylic acids is 1. The molecule has 1 aliphatic rings. The molecule has 1 saturated heterocycles. The zero-order valence-electron chi connectivity index (χ0n) is 19.1. The van der Waals surface area contributed by atoms with Crippen LogP contribution in [0.3, 0.4) is 0 Å². The molecule has 4 N–H and O–H groups in total. The number of carbonyl (C=O) groups is 1. The number of nitrogens with one attached hydrogen (secondary N) is 4. The van der Waals surface area contributed by atoms with Crippen LogP contribution in [0, 0.1) is 17.7 Å². The van der Waals surface area contributed by atoms with E-state index < -0.39 is 0 Å². The van der Waals surface area contributed by atoms with Crippen molar-refractivity contribution in [3.05, 3.63) is 41.8 Å². The Hall–Kier alpha value is -3.22. The minimum atomic E-state index is -0.332. The second-order valence-electron chi connectivity index (χ2n) is 7.77. The molecule has 3 rings (SSSR count). The first-order valence-corrected chi connectivity index (χ1v) is 11.2. The highest BCUT2D eigenvalue weighted by Crippen LogP contribution is 2.18. The Morgan fingerprint density at radius 3 is 3.00 bits per heavy atom. The van der Waals surface area contributed by atoms with E-state index in [0.29, 0.717) is 48.9 Å². The van der Waals surface area contributed by atoms with Crippen LogP contribution in [-0.4, -0.2) is 54.8 Å². The molecule has 2 atom stereocenters. The molecule has 1 fully saturated rings. The van der Waals surface area contributed by atoms with E-state index >= 15 is 0 Å². The van der Waals surface area contributed by atoms with Crippen molar-refractivity contribution >= 4 is 23.4 Å². The highest BCUT2D eigenvalue weighted by Gasteiger charge is 2.28. The third-order valence-electron chi connectivity index (χ3n) is 5.15. The van der Waals surface area contributed by atoms with E-state index in [2.05, 4.69) is 50.0 Å². The Labute approximate surface area is 194 Å². The zero-order chi connectivity index (χ0) is 23.5. The van der Waals surface area contributed by atoms with Crippen LogP contribution >= 0.6 is 0 Å². The summed E-state index contributed by atoms with van der Waals surface area (Å²) in [5.74, 6) is 6.91. The quantitative estimate of drug-likeness (QED) is 0.324. The first-order chi connectivity index (χ1) is 16.1. The van der Waals surface area contributed by atoms with Gasteiger partial charge in [0.05, 0.1) is 23.9 Å². The summed E-state index contributed by atoms with van der Waals surface area (Å²) in [4.78, 5) is 21.0. The molecule has 0 radical (unpaired) electrons. The lowest BCUT2D eigenvalue weighted by atomic mass is 10.2. The summed E-state index contributed by atoms with van der Waals surface area (Å²) in [5.41, 5.74) is 1.26. The first kappa shape index (κ1) is 24.4. The molecule has 0 saturated carbocycles. The van der Waals surface area contributed by atoms with Gasteiger partial charge < -0.3 is 26.0 Å². The maximum Gasteiger partial charge on any atom is 0.237 e. The van der Waals surface area contributed by atoms with Crippen molar-refractivity contribution in [1.29, 1.82) is 0 Å². The van der Waals surface area contributed by atoms with Gasteiger partial charge in [0.1, 0.15) is 11.6 Å². The van der Waals surface area contributed by atoms with Crippen LogP contribution in [0.1, 0.15) is 38.2 Å². The van der Waals surface area contributed by atoms with Gasteiger partial charge in [0.15, 0.2) is 0 Å². The van der Waals surface area contributed by atoms with Gasteiger partial charge in [-0.05, 0) is 37.5 Å². The lowest BCUT2D eigenvalue weighted by molar-refractivity contribution is -0.122. The van der Waals surface area contributed by atoms with Crippen molar-refractivity contribution in [1.82, 2.24) is 20.6 Å². The summed E-state index contributed by atoms with van der Waals surface area (Å²) in [5, 5.41) is 12.4. The number of anilines is 3. The van der Waals surface area contributed by atoms with E-state index in [1.54, 1.807) is 25.4 Å². The second kappa shape index (κ2) is 12.7. The van der Waals surface area contributed by atoms with Crippen molar-refractivity contribution < 1.29 is 13.9 Å². The highest BCUT2D eigenvalue weighted by atomic mass is 19.1. The molecule has 2 heterocycles. The molecule has 176 valence electrons. The van der Waals surface area contributed by atoms with Gasteiger partial charge in [0.25, 0.3) is 0 Å². The summed E-state index contributed by atoms with van der Waals surface area (Å²) in [7, 11) is 1.66. The summed E-state index contributed by atoms with van der Waals surface area (Å²) in [6, 6.07) is 5.94. The molecule has 8 nitrogen and oxygen atoms in total. The molecule has 1 aromatic carbocycles. The van der Waals surface area contributed by atoms with Crippen LogP contribution in [-0.2, 0) is 9.53 Å². The topological polar surface area (TPSA) is 100 Å². The molecular formula is C24H31FN6O2. The van der Waals surface area contributed by atoms with Gasteiger partial charge in [-0.3, -0.25) is 4.79 Å². The lowest BCUT2D eigenvalue weighted by Gasteiger charge is -2.10. The summed E-state index contributed by atoms with van der Waals surface area (Å²) in [6.45, 7) is 4.08. The third-order valence-corrected chi connectivity index (χ3v) is 5.15. The van der Waals surface area contributed by atoms with Crippen molar-refractivity contribution in [2.24, 2.45) is 0 Å². The van der Waals surface area contributed by atoms with Gasteiger partial charge in [0, 0.05) is 38.9 Å². The molecule has 33 heavy (non-hydrogen) atoms. The van der Waals surface area contributed by atoms with E-state index in [9.17, 15) is 9.18 Å². The predicted molar refractivity (Wildman–Crippen MR) is 127 cm³/mol. The van der Waals surface area contributed by atoms with Crippen LogP contribution in [0.15, 0.2) is 30.5 Å². The molecule has 0 unspecified atom stereocenters. The van der Waals surface area contributed by atoms with E-state index in [1.165, 1.54) is 12.1 Å². The van der Waals surface area contributed by atoms with Gasteiger partial charge >= 0.3 is 0 Å². The van der Waals surface area contributed by atoms with Crippen molar-refractivity contribution in [3.8, 4) is 11.8 Å². The predicted octanol–water partition coefficient (Wildman–Crippen LogP) is 2.81. The Kier molecular flexibility index (Phi) is 9.42. The number of unbranched alkanes of at least 4 members (excludes halogenated alkanes) is 1. The number of nitrogens with zero attached hydrogens (tertiary/aromatic N) is 2. The minimum absolute atomic E-state index is 0.00310. The number of halogens is 1. The summed E-state index contributed by atoms with van der Waals surface area (Å²) < 4.78 is 18.7. The normalized spacial score (nSPS) is 17.2. The van der Waals surface area contributed by atoms with Crippen LogP contribution in [0.4, 0.5) is 21.8 Å². The van der Waals surface area contributed by atoms with E-state index in [4.69, 9.17) is 4.74 Å². The van der Waals surface area contributed by atoms with E-state index in [0.717, 1.165) is 19.4 Å². The fourth-order valence-electron chi connectivity index (χ4n) is 3.36. The lowest BCUT2D eigenvalue weighted by Crippen LogP contribution is -2.40. The van der Waals surface area contributed by atoms with Gasteiger partial charge in [0.2, 0.25) is 11.9 Å². The first-order valence-electron chi connectivity index (χ1n) is 11.2. The molecule has 1 aromatic heterocycles. The molecule has 0 bridgehead atoms. The van der Waals surface area contributed by atoms with Crippen LogP contribution in [0.25, 0.3) is 0 Å². The van der Waals surface area contributed by atoms with Gasteiger partial charge in [-0.1, -0.05) is 24.8 Å². The monoisotopic (exact) mass is 454 g/mol. The van der Waals surface area contributed by atoms with Crippen LogP contribution < -0.4 is 21.3 Å². The fraction of sp³-hybridized carbons (Fsp3) is 0.458. The molecule has 2 aromatic rings. The molecule has 1 amide bonds. The Morgan fingerprint density at radius 2 is 2.24 bits per heavy atom. The van der Waals surface area contributed by atoms with Gasteiger partial charge in [-0.15, -0.1) is 0 Å². The third kappa shape index (κ3) is 7.70.